The third-order valence-electron chi connectivity index (χ3n) is 4.50. The SMILES string of the molecule is CCC(C(=O)Nc1nn2c(-c3ccc(OC)cc3)nnc2s1)c1ccccc1. The number of ether oxygens (including phenoxy) is 1. The number of fused-ring (bicyclic) bond motifs is 1. The Labute approximate surface area is 166 Å². The minimum atomic E-state index is -0.225. The van der Waals surface area contributed by atoms with Crippen molar-refractivity contribution in [2.45, 2.75) is 19.3 Å². The molecule has 0 radical (unpaired) electrons. The van der Waals surface area contributed by atoms with Crippen LogP contribution < -0.4 is 10.1 Å². The van der Waals surface area contributed by atoms with Gasteiger partial charge < -0.3 is 4.74 Å². The number of nitrogens with one attached hydrogen (secondary N) is 1. The molecule has 142 valence electrons. The van der Waals surface area contributed by atoms with Gasteiger partial charge in [0.2, 0.25) is 16.0 Å². The average molecular weight is 393 g/mol. The maximum Gasteiger partial charge on any atom is 0.236 e. The fourth-order valence-corrected chi connectivity index (χ4v) is 3.78. The van der Waals surface area contributed by atoms with Crippen molar-refractivity contribution in [3.63, 3.8) is 0 Å². The van der Waals surface area contributed by atoms with Crippen LogP contribution in [0.3, 0.4) is 0 Å². The molecule has 8 heteroatoms. The Morgan fingerprint density at radius 3 is 2.57 bits per heavy atom. The molecule has 2 heterocycles. The highest BCUT2D eigenvalue weighted by Gasteiger charge is 2.21. The van der Waals surface area contributed by atoms with Gasteiger partial charge in [0.05, 0.1) is 13.0 Å². The van der Waals surface area contributed by atoms with Crippen molar-refractivity contribution in [1.29, 1.82) is 0 Å². The van der Waals surface area contributed by atoms with Gasteiger partial charge in [0, 0.05) is 5.56 Å². The predicted molar refractivity (Wildman–Crippen MR) is 109 cm³/mol. The van der Waals surface area contributed by atoms with Gasteiger partial charge in [-0.05, 0) is 36.2 Å². The van der Waals surface area contributed by atoms with Crippen LogP contribution in [-0.4, -0.2) is 32.8 Å². The van der Waals surface area contributed by atoms with Gasteiger partial charge >= 0.3 is 0 Å². The van der Waals surface area contributed by atoms with Gasteiger partial charge in [-0.2, -0.15) is 4.52 Å². The summed E-state index contributed by atoms with van der Waals surface area (Å²) in [5.41, 5.74) is 1.86. The van der Waals surface area contributed by atoms with Crippen LogP contribution in [0, 0.1) is 0 Å². The number of carbonyl (C=O) groups excluding carboxylic acids is 1. The van der Waals surface area contributed by atoms with Gasteiger partial charge in [0.15, 0.2) is 5.82 Å². The molecule has 0 saturated carbocycles. The second-order valence-electron chi connectivity index (χ2n) is 6.21. The first kappa shape index (κ1) is 18.1. The van der Waals surface area contributed by atoms with E-state index in [1.54, 1.807) is 11.6 Å². The third kappa shape index (κ3) is 3.46. The standard InChI is InChI=1S/C20H19N5O2S/c1-3-16(13-7-5-4-6-8-13)18(26)21-19-24-25-17(22-23-20(25)28-19)14-9-11-15(27-2)12-10-14/h4-12,16H,3H2,1-2H3,(H,21,24,26). The molecule has 7 nitrogen and oxygen atoms in total. The number of rotatable bonds is 6. The number of aromatic nitrogens is 4. The summed E-state index contributed by atoms with van der Waals surface area (Å²) in [7, 11) is 1.62. The summed E-state index contributed by atoms with van der Waals surface area (Å²) in [4.78, 5) is 13.4. The molecule has 4 rings (SSSR count). The van der Waals surface area contributed by atoms with E-state index < -0.39 is 0 Å². The Bertz CT molecular complexity index is 1090. The van der Waals surface area contributed by atoms with E-state index in [9.17, 15) is 4.79 Å². The molecule has 2 aromatic carbocycles. The number of methoxy groups -OCH3 is 1. The molecule has 0 aliphatic carbocycles. The number of benzene rings is 2. The first-order chi connectivity index (χ1) is 13.7. The highest BCUT2D eigenvalue weighted by Crippen LogP contribution is 2.27. The summed E-state index contributed by atoms with van der Waals surface area (Å²) in [6, 6.07) is 17.3. The van der Waals surface area contributed by atoms with Crippen LogP contribution in [0.1, 0.15) is 24.8 Å². The van der Waals surface area contributed by atoms with E-state index in [4.69, 9.17) is 4.74 Å². The van der Waals surface area contributed by atoms with Gasteiger partial charge in [0.25, 0.3) is 0 Å². The summed E-state index contributed by atoms with van der Waals surface area (Å²) in [6.07, 6.45) is 0.705. The largest absolute Gasteiger partial charge is 0.497 e. The van der Waals surface area contributed by atoms with Crippen molar-refractivity contribution >= 4 is 27.3 Å². The van der Waals surface area contributed by atoms with Crippen molar-refractivity contribution in [2.24, 2.45) is 0 Å². The lowest BCUT2D eigenvalue weighted by molar-refractivity contribution is -0.117. The van der Waals surface area contributed by atoms with Crippen molar-refractivity contribution in [3.05, 3.63) is 60.2 Å². The monoisotopic (exact) mass is 393 g/mol. The van der Waals surface area contributed by atoms with Gasteiger partial charge in [-0.15, -0.1) is 15.3 Å². The van der Waals surface area contributed by atoms with Crippen LogP contribution in [0.15, 0.2) is 54.6 Å². The van der Waals surface area contributed by atoms with Crippen LogP contribution in [0.2, 0.25) is 0 Å². The van der Waals surface area contributed by atoms with Gasteiger partial charge in [-0.3, -0.25) is 10.1 Å². The van der Waals surface area contributed by atoms with Crippen LogP contribution in [0.5, 0.6) is 5.75 Å². The van der Waals surface area contributed by atoms with E-state index >= 15 is 0 Å². The number of hydrogen-bond acceptors (Lipinski definition) is 6. The van der Waals surface area contributed by atoms with Crippen LogP contribution in [-0.2, 0) is 4.79 Å². The molecule has 4 aromatic rings. The Balaban J connectivity index is 1.58. The molecule has 0 aliphatic heterocycles. The van der Waals surface area contributed by atoms with E-state index in [2.05, 4.69) is 20.6 Å². The molecule has 0 bridgehead atoms. The molecule has 28 heavy (non-hydrogen) atoms. The number of hydrogen-bond donors (Lipinski definition) is 1. The number of nitrogens with zero attached hydrogens (tertiary/aromatic N) is 4. The summed E-state index contributed by atoms with van der Waals surface area (Å²) in [5.74, 6) is 1.08. The Morgan fingerprint density at radius 2 is 1.89 bits per heavy atom. The van der Waals surface area contributed by atoms with Gasteiger partial charge in [-0.25, -0.2) is 0 Å². The van der Waals surface area contributed by atoms with Crippen LogP contribution in [0.25, 0.3) is 16.3 Å². The molecule has 0 aliphatic rings. The molecular weight excluding hydrogens is 374 g/mol. The van der Waals surface area contributed by atoms with Crippen molar-refractivity contribution in [1.82, 2.24) is 19.8 Å². The second kappa shape index (κ2) is 7.77. The summed E-state index contributed by atoms with van der Waals surface area (Å²) >= 11 is 1.29. The lowest BCUT2D eigenvalue weighted by Crippen LogP contribution is -2.20. The minimum Gasteiger partial charge on any atom is -0.497 e. The number of carbonyl (C=O) groups is 1. The zero-order valence-electron chi connectivity index (χ0n) is 15.5. The lowest BCUT2D eigenvalue weighted by atomic mass is 9.96. The molecule has 2 aromatic heterocycles. The summed E-state index contributed by atoms with van der Waals surface area (Å²) in [5, 5.41) is 16.3. The summed E-state index contributed by atoms with van der Waals surface area (Å²) in [6.45, 7) is 2.00. The molecule has 1 amide bonds. The minimum absolute atomic E-state index is 0.0790. The molecular formula is C20H19N5O2S. The molecule has 0 spiro atoms. The quantitative estimate of drug-likeness (QED) is 0.536. The molecule has 0 saturated heterocycles. The van der Waals surface area contributed by atoms with E-state index in [0.717, 1.165) is 16.9 Å². The van der Waals surface area contributed by atoms with Gasteiger partial charge in [-0.1, -0.05) is 48.6 Å². The highest BCUT2D eigenvalue weighted by atomic mass is 32.1. The molecule has 1 N–H and O–H groups in total. The van der Waals surface area contributed by atoms with Crippen molar-refractivity contribution in [2.75, 3.05) is 12.4 Å². The zero-order valence-corrected chi connectivity index (χ0v) is 16.3. The zero-order chi connectivity index (χ0) is 19.5. The Kier molecular flexibility index (Phi) is 5.03. The fourth-order valence-electron chi connectivity index (χ4n) is 3.04. The van der Waals surface area contributed by atoms with Crippen molar-refractivity contribution < 1.29 is 9.53 Å². The van der Waals surface area contributed by atoms with Gasteiger partial charge in [0.1, 0.15) is 5.75 Å². The van der Waals surface area contributed by atoms with E-state index in [-0.39, 0.29) is 11.8 Å². The highest BCUT2D eigenvalue weighted by molar-refractivity contribution is 7.20. The summed E-state index contributed by atoms with van der Waals surface area (Å²) < 4.78 is 6.83. The fraction of sp³-hybridized carbons (Fsp3) is 0.200. The Morgan fingerprint density at radius 1 is 1.14 bits per heavy atom. The maximum absolute atomic E-state index is 12.8. The number of amides is 1. The van der Waals surface area contributed by atoms with Crippen LogP contribution in [0.4, 0.5) is 5.13 Å². The lowest BCUT2D eigenvalue weighted by Gasteiger charge is -2.13. The maximum atomic E-state index is 12.8. The predicted octanol–water partition coefficient (Wildman–Crippen LogP) is 3.99. The molecule has 1 unspecified atom stereocenters. The smallest absolute Gasteiger partial charge is 0.236 e. The Hall–Kier alpha value is -3.26. The first-order valence-corrected chi connectivity index (χ1v) is 9.73. The van der Waals surface area contributed by atoms with Crippen LogP contribution >= 0.6 is 11.3 Å². The second-order valence-corrected chi connectivity index (χ2v) is 7.17. The third-order valence-corrected chi connectivity index (χ3v) is 5.31. The van der Waals surface area contributed by atoms with E-state index in [1.807, 2.05) is 61.5 Å². The number of anilines is 1. The topological polar surface area (TPSA) is 81.4 Å². The molecule has 0 fully saturated rings. The van der Waals surface area contributed by atoms with Crippen molar-refractivity contribution in [3.8, 4) is 17.1 Å². The van der Waals surface area contributed by atoms with E-state index in [1.165, 1.54) is 11.3 Å². The van der Waals surface area contributed by atoms with E-state index in [0.29, 0.717) is 22.3 Å². The molecule has 1 atom stereocenters. The first-order valence-electron chi connectivity index (χ1n) is 8.92. The normalized spacial score (nSPS) is 12.1. The average Bonchev–Trinajstić information content (AvgIpc) is 3.29.